The zero-order valence-corrected chi connectivity index (χ0v) is 16.2. The summed E-state index contributed by atoms with van der Waals surface area (Å²) in [5, 5.41) is 1.61. The predicted octanol–water partition coefficient (Wildman–Crippen LogP) is 2.64. The monoisotopic (exact) mass is 411 g/mol. The van der Waals surface area contributed by atoms with Gasteiger partial charge in [0.25, 0.3) is 5.56 Å². The molecule has 0 unspecified atom stereocenters. The smallest absolute Gasteiger partial charge is 0.306 e. The number of halogens is 1. The van der Waals surface area contributed by atoms with Gasteiger partial charge in [0, 0.05) is 29.8 Å². The standard InChI is InChI=1S/C20H15ClN4O2S/c21-18-9-8-17(28-18)20(27)22-11-14-12-24(13-23-14)15-4-6-16(7-5-15)25-10-2-1-3-19(25)26/h1-10,12-13H,11H2,(H,22,27)/p+1. The van der Waals surface area contributed by atoms with Crippen LogP contribution in [0.1, 0.15) is 15.4 Å². The molecule has 28 heavy (non-hydrogen) atoms. The Bertz CT molecular complexity index is 1180. The third-order valence-electron chi connectivity index (χ3n) is 4.20. The number of benzene rings is 1. The number of primary amides is 1. The van der Waals surface area contributed by atoms with Gasteiger partial charge in [-0.2, -0.15) is 0 Å². The molecule has 6 nitrogen and oxygen atoms in total. The molecule has 0 fully saturated rings. The number of thiophene rings is 1. The maximum absolute atomic E-state index is 12.1. The van der Waals surface area contributed by atoms with Crippen molar-refractivity contribution >= 4 is 28.8 Å². The summed E-state index contributed by atoms with van der Waals surface area (Å²) in [6.45, 7) is 0.443. The minimum atomic E-state index is -0.0765. The number of carbonyl (C=O) groups excluding carboxylic acids is 1. The number of rotatable bonds is 5. The van der Waals surface area contributed by atoms with E-state index in [0.717, 1.165) is 17.1 Å². The Labute approximate surface area is 169 Å². The SMILES string of the molecule is O=C([NH2+]Cc1cn(-c2ccc(-n3ccccc3=O)cc2)cn1)c1ccc(Cl)s1. The van der Waals surface area contributed by atoms with E-state index in [0.29, 0.717) is 15.8 Å². The second-order valence-electron chi connectivity index (χ2n) is 6.07. The first-order chi connectivity index (χ1) is 13.6. The van der Waals surface area contributed by atoms with Gasteiger partial charge in [-0.3, -0.25) is 14.7 Å². The van der Waals surface area contributed by atoms with Crippen molar-refractivity contribution in [2.24, 2.45) is 0 Å². The van der Waals surface area contributed by atoms with Crippen molar-refractivity contribution < 1.29 is 10.1 Å². The maximum atomic E-state index is 12.1. The number of imidazole rings is 1. The van der Waals surface area contributed by atoms with Gasteiger partial charge in [-0.05, 0) is 42.5 Å². The zero-order valence-electron chi connectivity index (χ0n) is 14.7. The Kier molecular flexibility index (Phi) is 5.21. The third-order valence-corrected chi connectivity index (χ3v) is 5.44. The summed E-state index contributed by atoms with van der Waals surface area (Å²) >= 11 is 7.14. The highest BCUT2D eigenvalue weighted by molar-refractivity contribution is 7.17. The Morgan fingerprint density at radius 1 is 1.07 bits per heavy atom. The summed E-state index contributed by atoms with van der Waals surface area (Å²) in [7, 11) is 0. The molecule has 140 valence electrons. The maximum Gasteiger partial charge on any atom is 0.353 e. The van der Waals surface area contributed by atoms with Crippen LogP contribution in [-0.2, 0) is 6.54 Å². The summed E-state index contributed by atoms with van der Waals surface area (Å²) in [5.74, 6) is -0.0518. The minimum absolute atomic E-state index is 0.0518. The van der Waals surface area contributed by atoms with Gasteiger partial charge in [-0.15, -0.1) is 11.3 Å². The molecular formula is C20H16ClN4O2S+. The van der Waals surface area contributed by atoms with Crippen LogP contribution in [0, 0.1) is 0 Å². The van der Waals surface area contributed by atoms with Crippen LogP contribution in [-0.4, -0.2) is 20.0 Å². The van der Waals surface area contributed by atoms with Gasteiger partial charge in [0.05, 0.1) is 10.7 Å². The molecule has 0 atom stereocenters. The summed E-state index contributed by atoms with van der Waals surface area (Å²) in [4.78, 5) is 29.0. The molecule has 0 saturated carbocycles. The highest BCUT2D eigenvalue weighted by atomic mass is 35.5. The van der Waals surface area contributed by atoms with Crippen molar-refractivity contribution in [3.63, 3.8) is 0 Å². The first kappa shape index (κ1) is 18.4. The average molecular weight is 412 g/mol. The van der Waals surface area contributed by atoms with E-state index >= 15 is 0 Å². The summed E-state index contributed by atoms with van der Waals surface area (Å²) < 4.78 is 4.07. The molecule has 4 aromatic rings. The van der Waals surface area contributed by atoms with Crippen LogP contribution >= 0.6 is 22.9 Å². The molecule has 8 heteroatoms. The van der Waals surface area contributed by atoms with E-state index in [-0.39, 0.29) is 11.5 Å². The summed E-state index contributed by atoms with van der Waals surface area (Å²) in [5.41, 5.74) is 2.43. The lowest BCUT2D eigenvalue weighted by Gasteiger charge is -2.07. The molecule has 1 aromatic carbocycles. The number of hydrogen-bond acceptors (Lipinski definition) is 4. The van der Waals surface area contributed by atoms with Gasteiger partial charge >= 0.3 is 5.91 Å². The molecule has 0 aliphatic carbocycles. The average Bonchev–Trinajstić information content (AvgIpc) is 3.36. The van der Waals surface area contributed by atoms with E-state index in [1.807, 2.05) is 41.1 Å². The van der Waals surface area contributed by atoms with Crippen molar-refractivity contribution in [1.29, 1.82) is 0 Å². The lowest BCUT2D eigenvalue weighted by Crippen LogP contribution is -2.86. The number of hydrogen-bond donors (Lipinski definition) is 1. The highest BCUT2D eigenvalue weighted by Gasteiger charge is 2.13. The molecule has 2 N–H and O–H groups in total. The van der Waals surface area contributed by atoms with Gasteiger partial charge < -0.3 is 4.57 Å². The normalized spacial score (nSPS) is 10.9. The van der Waals surface area contributed by atoms with E-state index in [4.69, 9.17) is 11.6 Å². The van der Waals surface area contributed by atoms with Gasteiger partial charge in [-0.25, -0.2) is 9.78 Å². The van der Waals surface area contributed by atoms with Crippen LogP contribution in [0.5, 0.6) is 0 Å². The van der Waals surface area contributed by atoms with Gasteiger partial charge in [0.15, 0.2) is 0 Å². The Morgan fingerprint density at radius 3 is 2.57 bits per heavy atom. The highest BCUT2D eigenvalue weighted by Crippen LogP contribution is 2.20. The molecule has 1 amide bonds. The second-order valence-corrected chi connectivity index (χ2v) is 7.79. The Balaban J connectivity index is 1.45. The van der Waals surface area contributed by atoms with Crippen LogP contribution in [0.25, 0.3) is 11.4 Å². The summed E-state index contributed by atoms with van der Waals surface area (Å²) in [6, 6.07) is 16.1. The number of quaternary nitrogens is 1. The third kappa shape index (κ3) is 3.96. The lowest BCUT2D eigenvalue weighted by atomic mass is 10.2. The quantitative estimate of drug-likeness (QED) is 0.548. The van der Waals surface area contributed by atoms with Crippen LogP contribution in [0.4, 0.5) is 0 Å². The van der Waals surface area contributed by atoms with Crippen LogP contribution in [0.15, 0.2) is 78.1 Å². The molecule has 0 aliphatic rings. The first-order valence-corrected chi connectivity index (χ1v) is 9.74. The van der Waals surface area contributed by atoms with Crippen molar-refractivity contribution in [3.05, 3.63) is 98.6 Å². The second kappa shape index (κ2) is 7.93. The molecule has 3 heterocycles. The lowest BCUT2D eigenvalue weighted by molar-refractivity contribution is -0.572. The van der Waals surface area contributed by atoms with E-state index in [9.17, 15) is 9.59 Å². The van der Waals surface area contributed by atoms with Crippen molar-refractivity contribution in [2.75, 3.05) is 0 Å². The van der Waals surface area contributed by atoms with E-state index in [2.05, 4.69) is 4.98 Å². The molecule has 0 aliphatic heterocycles. The number of nitrogens with zero attached hydrogens (tertiary/aromatic N) is 3. The van der Waals surface area contributed by atoms with Crippen molar-refractivity contribution in [2.45, 2.75) is 6.54 Å². The topological polar surface area (TPSA) is 73.5 Å². The Morgan fingerprint density at radius 2 is 1.86 bits per heavy atom. The fraction of sp³-hybridized carbons (Fsp3) is 0.0500. The number of nitrogens with two attached hydrogens (primary N) is 1. The summed E-state index contributed by atoms with van der Waals surface area (Å²) in [6.07, 6.45) is 5.33. The minimum Gasteiger partial charge on any atom is -0.306 e. The van der Waals surface area contributed by atoms with Crippen molar-refractivity contribution in [1.82, 2.24) is 14.1 Å². The first-order valence-electron chi connectivity index (χ1n) is 8.54. The fourth-order valence-electron chi connectivity index (χ4n) is 2.78. The number of carbonyl (C=O) groups is 1. The fourth-order valence-corrected chi connectivity index (χ4v) is 3.76. The number of amides is 1. The molecule has 4 rings (SSSR count). The predicted molar refractivity (Wildman–Crippen MR) is 108 cm³/mol. The zero-order chi connectivity index (χ0) is 19.5. The van der Waals surface area contributed by atoms with Gasteiger partial charge in [0.1, 0.15) is 17.1 Å². The Hall–Kier alpha value is -3.00. The molecule has 0 bridgehead atoms. The van der Waals surface area contributed by atoms with Gasteiger partial charge in [0.2, 0.25) is 0 Å². The molecular weight excluding hydrogens is 396 g/mol. The molecule has 0 radical (unpaired) electrons. The molecule has 0 spiro atoms. The molecule has 3 aromatic heterocycles. The largest absolute Gasteiger partial charge is 0.353 e. The van der Waals surface area contributed by atoms with Crippen LogP contribution in [0.3, 0.4) is 0 Å². The van der Waals surface area contributed by atoms with E-state index in [1.165, 1.54) is 17.4 Å². The van der Waals surface area contributed by atoms with Crippen LogP contribution in [0.2, 0.25) is 4.34 Å². The number of pyridine rings is 1. The van der Waals surface area contributed by atoms with Crippen LogP contribution < -0.4 is 10.9 Å². The van der Waals surface area contributed by atoms with E-state index in [1.54, 1.807) is 40.6 Å². The van der Waals surface area contributed by atoms with E-state index < -0.39 is 0 Å². The number of aromatic nitrogens is 3. The molecule has 0 saturated heterocycles. The van der Waals surface area contributed by atoms with Gasteiger partial charge in [-0.1, -0.05) is 17.7 Å². The van der Waals surface area contributed by atoms with Crippen molar-refractivity contribution in [3.8, 4) is 11.4 Å².